The van der Waals surface area contributed by atoms with Crippen LogP contribution in [0.5, 0.6) is 5.75 Å². The van der Waals surface area contributed by atoms with E-state index >= 15 is 0 Å². The van der Waals surface area contributed by atoms with Gasteiger partial charge in [-0.15, -0.1) is 0 Å². The van der Waals surface area contributed by atoms with E-state index in [4.69, 9.17) is 14.0 Å². The number of aryl methyl sites for hydroxylation is 2. The second kappa shape index (κ2) is 11.5. The molecule has 0 bridgehead atoms. The van der Waals surface area contributed by atoms with Gasteiger partial charge in [0.2, 0.25) is 5.89 Å². The molecule has 164 valence electrons. The van der Waals surface area contributed by atoms with Crippen LogP contribution in [0.2, 0.25) is 0 Å². The number of morpholine rings is 1. The highest BCUT2D eigenvalue weighted by molar-refractivity contribution is 5.79. The second-order valence-electron chi connectivity index (χ2n) is 7.16. The Morgan fingerprint density at radius 2 is 2.00 bits per heavy atom. The predicted octanol–water partition coefficient (Wildman–Crippen LogP) is 1.56. The summed E-state index contributed by atoms with van der Waals surface area (Å²) in [4.78, 5) is 11.0. The number of nitrogens with one attached hydrogen (secondary N) is 2. The molecule has 1 aromatic heterocycles. The highest BCUT2D eigenvalue weighted by atomic mass is 16.5. The van der Waals surface area contributed by atoms with Gasteiger partial charge >= 0.3 is 0 Å². The van der Waals surface area contributed by atoms with Crippen LogP contribution in [-0.2, 0) is 11.2 Å². The topological polar surface area (TPSA) is 97.0 Å². The lowest BCUT2D eigenvalue weighted by Gasteiger charge is -2.35. The minimum atomic E-state index is 0.222. The highest BCUT2D eigenvalue weighted by Crippen LogP contribution is 2.23. The first-order valence-corrected chi connectivity index (χ1v) is 10.4. The van der Waals surface area contributed by atoms with Crippen molar-refractivity contribution in [2.24, 2.45) is 4.99 Å². The van der Waals surface area contributed by atoms with Crippen LogP contribution in [0.4, 0.5) is 0 Å². The van der Waals surface area contributed by atoms with E-state index < -0.39 is 0 Å². The number of aliphatic imine (C=N–C) groups is 1. The molecule has 2 heterocycles. The molecule has 1 unspecified atom stereocenters. The average Bonchev–Trinajstić information content (AvgIpc) is 3.21. The Morgan fingerprint density at radius 1 is 1.23 bits per heavy atom. The Hall–Kier alpha value is -2.65. The summed E-state index contributed by atoms with van der Waals surface area (Å²) in [5.74, 6) is 2.98. The van der Waals surface area contributed by atoms with Gasteiger partial charge in [-0.25, -0.2) is 0 Å². The summed E-state index contributed by atoms with van der Waals surface area (Å²) in [5, 5.41) is 10.6. The van der Waals surface area contributed by atoms with Crippen molar-refractivity contribution in [3.8, 4) is 5.75 Å². The van der Waals surface area contributed by atoms with E-state index in [2.05, 4.69) is 42.8 Å². The Morgan fingerprint density at radius 3 is 2.63 bits per heavy atom. The number of nitrogens with zero attached hydrogens (tertiary/aromatic N) is 4. The monoisotopic (exact) mass is 416 g/mol. The van der Waals surface area contributed by atoms with Gasteiger partial charge in [0.05, 0.1) is 26.4 Å². The first kappa shape index (κ1) is 22.0. The molecule has 1 saturated heterocycles. The highest BCUT2D eigenvalue weighted by Gasteiger charge is 2.23. The molecule has 0 saturated carbocycles. The summed E-state index contributed by atoms with van der Waals surface area (Å²) >= 11 is 0. The maximum absolute atomic E-state index is 5.54. The number of methoxy groups -OCH3 is 1. The van der Waals surface area contributed by atoms with E-state index in [9.17, 15) is 0 Å². The zero-order valence-corrected chi connectivity index (χ0v) is 18.1. The molecule has 1 aliphatic heterocycles. The van der Waals surface area contributed by atoms with Crippen LogP contribution in [0.25, 0.3) is 0 Å². The molecule has 0 radical (unpaired) electrons. The fraction of sp³-hybridized carbons (Fsp3) is 0.571. The lowest BCUT2D eigenvalue weighted by atomic mass is 10.0. The number of hydrogen-bond acceptors (Lipinski definition) is 7. The van der Waals surface area contributed by atoms with Gasteiger partial charge < -0.3 is 24.6 Å². The van der Waals surface area contributed by atoms with E-state index in [-0.39, 0.29) is 6.04 Å². The number of aromatic nitrogens is 2. The summed E-state index contributed by atoms with van der Waals surface area (Å²) < 4.78 is 16.0. The molecular formula is C21H32N6O3. The molecule has 1 aromatic carbocycles. The summed E-state index contributed by atoms with van der Waals surface area (Å²) in [6.07, 6.45) is 1.63. The SMILES string of the molecule is CN=C(NCCCc1nc(C)no1)NCC(c1ccc(OC)cc1)N1CCOCC1. The van der Waals surface area contributed by atoms with Crippen molar-refractivity contribution in [2.45, 2.75) is 25.8 Å². The van der Waals surface area contributed by atoms with E-state index in [0.717, 1.165) is 63.9 Å². The average molecular weight is 417 g/mol. The number of guanidine groups is 1. The third-order valence-corrected chi connectivity index (χ3v) is 5.10. The zero-order chi connectivity index (χ0) is 21.2. The van der Waals surface area contributed by atoms with Crippen LogP contribution in [0.3, 0.4) is 0 Å². The van der Waals surface area contributed by atoms with Crippen molar-refractivity contribution < 1.29 is 14.0 Å². The fourth-order valence-corrected chi connectivity index (χ4v) is 3.47. The van der Waals surface area contributed by atoms with Gasteiger partial charge in [-0.2, -0.15) is 4.98 Å². The third kappa shape index (κ3) is 6.43. The molecule has 2 N–H and O–H groups in total. The molecule has 9 heteroatoms. The van der Waals surface area contributed by atoms with E-state index in [1.54, 1.807) is 14.2 Å². The van der Waals surface area contributed by atoms with Gasteiger partial charge in [0.25, 0.3) is 0 Å². The first-order chi connectivity index (χ1) is 14.7. The Balaban J connectivity index is 1.53. The Kier molecular flexibility index (Phi) is 8.46. The van der Waals surface area contributed by atoms with Gasteiger partial charge in [0.1, 0.15) is 5.75 Å². The van der Waals surface area contributed by atoms with Crippen molar-refractivity contribution in [3.05, 3.63) is 41.5 Å². The van der Waals surface area contributed by atoms with E-state index in [0.29, 0.717) is 11.7 Å². The molecular weight excluding hydrogens is 384 g/mol. The van der Waals surface area contributed by atoms with Crippen LogP contribution in [0.1, 0.15) is 29.7 Å². The summed E-state index contributed by atoms with van der Waals surface area (Å²) in [6, 6.07) is 8.50. The number of benzene rings is 1. The van der Waals surface area contributed by atoms with Crippen LogP contribution in [-0.4, -0.2) is 74.6 Å². The van der Waals surface area contributed by atoms with Crippen LogP contribution in [0, 0.1) is 6.92 Å². The van der Waals surface area contributed by atoms with Crippen LogP contribution >= 0.6 is 0 Å². The number of rotatable bonds is 9. The molecule has 0 spiro atoms. The predicted molar refractivity (Wildman–Crippen MR) is 115 cm³/mol. The smallest absolute Gasteiger partial charge is 0.226 e. The molecule has 9 nitrogen and oxygen atoms in total. The Bertz CT molecular complexity index is 786. The molecule has 0 amide bonds. The number of hydrogen-bond donors (Lipinski definition) is 2. The quantitative estimate of drug-likeness (QED) is 0.361. The fourth-order valence-electron chi connectivity index (χ4n) is 3.47. The summed E-state index contributed by atoms with van der Waals surface area (Å²) in [7, 11) is 3.47. The van der Waals surface area contributed by atoms with Crippen molar-refractivity contribution in [2.75, 3.05) is 53.6 Å². The molecule has 2 aromatic rings. The maximum atomic E-state index is 5.54. The minimum absolute atomic E-state index is 0.222. The largest absolute Gasteiger partial charge is 0.497 e. The van der Waals surface area contributed by atoms with Crippen molar-refractivity contribution in [1.82, 2.24) is 25.7 Å². The number of ether oxygens (including phenoxy) is 2. The van der Waals surface area contributed by atoms with Gasteiger partial charge in [-0.1, -0.05) is 17.3 Å². The minimum Gasteiger partial charge on any atom is -0.497 e. The third-order valence-electron chi connectivity index (χ3n) is 5.10. The Labute approximate surface area is 177 Å². The van der Waals surface area contributed by atoms with Gasteiger partial charge in [-0.3, -0.25) is 9.89 Å². The maximum Gasteiger partial charge on any atom is 0.226 e. The van der Waals surface area contributed by atoms with Crippen molar-refractivity contribution in [1.29, 1.82) is 0 Å². The van der Waals surface area contributed by atoms with Gasteiger partial charge in [-0.05, 0) is 31.0 Å². The summed E-state index contributed by atoms with van der Waals surface area (Å²) in [6.45, 7) is 6.68. The lowest BCUT2D eigenvalue weighted by Crippen LogP contribution is -2.46. The van der Waals surface area contributed by atoms with E-state index in [1.807, 2.05) is 19.1 Å². The van der Waals surface area contributed by atoms with Crippen LogP contribution < -0.4 is 15.4 Å². The first-order valence-electron chi connectivity index (χ1n) is 10.4. The van der Waals surface area contributed by atoms with Gasteiger partial charge in [0, 0.05) is 39.6 Å². The van der Waals surface area contributed by atoms with Crippen molar-refractivity contribution >= 4 is 5.96 Å². The lowest BCUT2D eigenvalue weighted by molar-refractivity contribution is 0.0170. The molecule has 1 fully saturated rings. The molecule has 3 rings (SSSR count). The summed E-state index contributed by atoms with van der Waals surface area (Å²) in [5.41, 5.74) is 1.24. The van der Waals surface area contributed by atoms with E-state index in [1.165, 1.54) is 5.56 Å². The second-order valence-corrected chi connectivity index (χ2v) is 7.16. The van der Waals surface area contributed by atoms with Gasteiger partial charge in [0.15, 0.2) is 11.8 Å². The van der Waals surface area contributed by atoms with Crippen LogP contribution in [0.15, 0.2) is 33.8 Å². The molecule has 1 atom stereocenters. The molecule has 30 heavy (non-hydrogen) atoms. The molecule has 0 aliphatic carbocycles. The van der Waals surface area contributed by atoms with Crippen molar-refractivity contribution in [3.63, 3.8) is 0 Å². The zero-order valence-electron chi connectivity index (χ0n) is 18.1. The normalized spacial score (nSPS) is 16.3. The standard InChI is InChI=1S/C21H32N6O3/c1-16-25-20(30-26-16)5-4-10-23-21(22-2)24-15-19(27-11-13-29-14-12-27)17-6-8-18(28-3)9-7-17/h6-9,19H,4-5,10-15H2,1-3H3,(H2,22,23,24). The molecule has 1 aliphatic rings.